The number of methoxy groups -OCH3 is 1. The number of nitrogens with zero attached hydrogens (tertiary/aromatic N) is 1. The molecule has 0 saturated carbocycles. The predicted molar refractivity (Wildman–Crippen MR) is 48.9 cm³/mol. The zero-order valence-electron chi connectivity index (χ0n) is 8.64. The van der Waals surface area contributed by atoms with Gasteiger partial charge in [-0.25, -0.2) is 0 Å². The summed E-state index contributed by atoms with van der Waals surface area (Å²) in [6, 6.07) is 0.570. The summed E-state index contributed by atoms with van der Waals surface area (Å²) in [5, 5.41) is 0. The molecule has 0 aromatic heterocycles. The standard InChI is InChI=1S/C9H21NO/c1-8(2)10(5)9(3,4)7-11-6/h8H,7H2,1-6H3. The highest BCUT2D eigenvalue weighted by atomic mass is 16.5. The van der Waals surface area contributed by atoms with E-state index in [4.69, 9.17) is 4.74 Å². The second-order valence-electron chi connectivity index (χ2n) is 3.95. The van der Waals surface area contributed by atoms with Gasteiger partial charge in [-0.2, -0.15) is 0 Å². The summed E-state index contributed by atoms with van der Waals surface area (Å²) in [4.78, 5) is 2.32. The molecule has 0 aliphatic carbocycles. The molecule has 68 valence electrons. The number of hydrogen-bond acceptors (Lipinski definition) is 2. The van der Waals surface area contributed by atoms with Crippen LogP contribution >= 0.6 is 0 Å². The van der Waals surface area contributed by atoms with Gasteiger partial charge < -0.3 is 4.74 Å². The molecule has 0 aliphatic rings. The van der Waals surface area contributed by atoms with E-state index in [1.165, 1.54) is 0 Å². The highest BCUT2D eigenvalue weighted by Gasteiger charge is 2.24. The van der Waals surface area contributed by atoms with Crippen LogP contribution in [0.2, 0.25) is 0 Å². The molecular formula is C9H21NO. The molecule has 0 spiro atoms. The smallest absolute Gasteiger partial charge is 0.0641 e. The first kappa shape index (κ1) is 10.9. The largest absolute Gasteiger partial charge is 0.383 e. The van der Waals surface area contributed by atoms with E-state index in [0.717, 1.165) is 6.61 Å². The van der Waals surface area contributed by atoms with Gasteiger partial charge in [0.1, 0.15) is 0 Å². The Morgan fingerprint density at radius 1 is 1.36 bits per heavy atom. The summed E-state index contributed by atoms with van der Waals surface area (Å²) in [7, 11) is 3.87. The van der Waals surface area contributed by atoms with E-state index in [1.807, 2.05) is 0 Å². The van der Waals surface area contributed by atoms with Crippen LogP contribution in [0.1, 0.15) is 27.7 Å². The minimum Gasteiger partial charge on any atom is -0.383 e. The van der Waals surface area contributed by atoms with Gasteiger partial charge in [0.25, 0.3) is 0 Å². The molecular weight excluding hydrogens is 138 g/mol. The summed E-state index contributed by atoms with van der Waals surface area (Å²) < 4.78 is 5.14. The molecule has 0 saturated heterocycles. The fourth-order valence-corrected chi connectivity index (χ4v) is 1.15. The minimum atomic E-state index is 0.142. The van der Waals surface area contributed by atoms with Crippen molar-refractivity contribution >= 4 is 0 Å². The van der Waals surface area contributed by atoms with E-state index in [1.54, 1.807) is 7.11 Å². The predicted octanol–water partition coefficient (Wildman–Crippen LogP) is 1.75. The first-order valence-electron chi connectivity index (χ1n) is 4.13. The molecule has 0 rings (SSSR count). The van der Waals surface area contributed by atoms with Crippen molar-refractivity contribution in [1.82, 2.24) is 4.90 Å². The average Bonchev–Trinajstić information content (AvgIpc) is 1.86. The van der Waals surface area contributed by atoms with Crippen molar-refractivity contribution in [2.24, 2.45) is 0 Å². The van der Waals surface area contributed by atoms with Gasteiger partial charge in [0.15, 0.2) is 0 Å². The van der Waals surface area contributed by atoms with Crippen LogP contribution in [0, 0.1) is 0 Å². The summed E-state index contributed by atoms with van der Waals surface area (Å²) in [5.41, 5.74) is 0.142. The lowest BCUT2D eigenvalue weighted by molar-refractivity contribution is 0.0329. The molecule has 0 aromatic carbocycles. The first-order chi connectivity index (χ1) is 4.91. The Morgan fingerprint density at radius 2 is 1.82 bits per heavy atom. The summed E-state index contributed by atoms with van der Waals surface area (Å²) >= 11 is 0. The van der Waals surface area contributed by atoms with E-state index in [0.29, 0.717) is 6.04 Å². The van der Waals surface area contributed by atoms with Crippen LogP contribution in [0.3, 0.4) is 0 Å². The van der Waals surface area contributed by atoms with Gasteiger partial charge in [0.05, 0.1) is 6.61 Å². The third kappa shape index (κ3) is 3.21. The van der Waals surface area contributed by atoms with Gasteiger partial charge in [0.2, 0.25) is 0 Å². The lowest BCUT2D eigenvalue weighted by Gasteiger charge is -2.37. The van der Waals surface area contributed by atoms with E-state index >= 15 is 0 Å². The number of rotatable bonds is 4. The number of hydrogen-bond donors (Lipinski definition) is 0. The lowest BCUT2D eigenvalue weighted by atomic mass is 10.0. The topological polar surface area (TPSA) is 12.5 Å². The Labute approximate surface area is 70.5 Å². The van der Waals surface area contributed by atoms with Gasteiger partial charge in [-0.1, -0.05) is 0 Å². The maximum absolute atomic E-state index is 5.14. The normalized spacial score (nSPS) is 13.1. The van der Waals surface area contributed by atoms with Crippen molar-refractivity contribution in [3.63, 3.8) is 0 Å². The van der Waals surface area contributed by atoms with Crippen LogP contribution in [0.5, 0.6) is 0 Å². The molecule has 0 unspecified atom stereocenters. The maximum Gasteiger partial charge on any atom is 0.0641 e. The Bertz CT molecular complexity index is 110. The molecule has 0 atom stereocenters. The molecule has 0 heterocycles. The fourth-order valence-electron chi connectivity index (χ4n) is 1.15. The molecule has 0 radical (unpaired) electrons. The molecule has 0 aromatic rings. The summed E-state index contributed by atoms with van der Waals surface area (Å²) in [5.74, 6) is 0. The van der Waals surface area contributed by atoms with Crippen molar-refractivity contribution < 1.29 is 4.74 Å². The van der Waals surface area contributed by atoms with Gasteiger partial charge in [0, 0.05) is 18.7 Å². The molecule has 0 fully saturated rings. The van der Waals surface area contributed by atoms with Crippen LogP contribution in [0.4, 0.5) is 0 Å². The Kier molecular flexibility index (Phi) is 4.04. The monoisotopic (exact) mass is 159 g/mol. The number of likely N-dealkylation sites (N-methyl/N-ethyl adjacent to an activating group) is 1. The van der Waals surface area contributed by atoms with Crippen LogP contribution < -0.4 is 0 Å². The van der Waals surface area contributed by atoms with Gasteiger partial charge in [-0.05, 0) is 34.7 Å². The molecule has 11 heavy (non-hydrogen) atoms. The van der Waals surface area contributed by atoms with Gasteiger partial charge in [-0.3, -0.25) is 4.90 Å². The Balaban J connectivity index is 4.05. The quantitative estimate of drug-likeness (QED) is 0.619. The first-order valence-corrected chi connectivity index (χ1v) is 4.13. The van der Waals surface area contributed by atoms with Crippen molar-refractivity contribution in [3.05, 3.63) is 0 Å². The Morgan fingerprint density at radius 3 is 2.09 bits per heavy atom. The zero-order chi connectivity index (χ0) is 9.07. The maximum atomic E-state index is 5.14. The van der Waals surface area contributed by atoms with Crippen molar-refractivity contribution in [1.29, 1.82) is 0 Å². The van der Waals surface area contributed by atoms with Crippen molar-refractivity contribution in [2.45, 2.75) is 39.3 Å². The SMILES string of the molecule is COCC(C)(C)N(C)C(C)C. The second kappa shape index (κ2) is 4.07. The Hall–Kier alpha value is -0.0800. The molecule has 0 N–H and O–H groups in total. The van der Waals surface area contributed by atoms with E-state index in [9.17, 15) is 0 Å². The van der Waals surface area contributed by atoms with E-state index < -0.39 is 0 Å². The highest BCUT2D eigenvalue weighted by Crippen LogP contribution is 2.14. The summed E-state index contributed by atoms with van der Waals surface area (Å²) in [6.07, 6.45) is 0. The van der Waals surface area contributed by atoms with Crippen LogP contribution in [-0.4, -0.2) is 37.2 Å². The summed E-state index contributed by atoms with van der Waals surface area (Å²) in [6.45, 7) is 9.55. The average molecular weight is 159 g/mol. The minimum absolute atomic E-state index is 0.142. The number of ether oxygens (including phenoxy) is 1. The van der Waals surface area contributed by atoms with E-state index in [-0.39, 0.29) is 5.54 Å². The van der Waals surface area contributed by atoms with Crippen LogP contribution in [0.25, 0.3) is 0 Å². The van der Waals surface area contributed by atoms with E-state index in [2.05, 4.69) is 39.6 Å². The molecule has 0 amide bonds. The van der Waals surface area contributed by atoms with Crippen molar-refractivity contribution in [3.8, 4) is 0 Å². The third-order valence-corrected chi connectivity index (χ3v) is 2.23. The van der Waals surface area contributed by atoms with Gasteiger partial charge >= 0.3 is 0 Å². The highest BCUT2D eigenvalue weighted by molar-refractivity contribution is 4.80. The molecule has 0 bridgehead atoms. The van der Waals surface area contributed by atoms with Crippen LogP contribution in [-0.2, 0) is 4.74 Å². The molecule has 2 heteroatoms. The lowest BCUT2D eigenvalue weighted by Crippen LogP contribution is -2.48. The van der Waals surface area contributed by atoms with Crippen LogP contribution in [0.15, 0.2) is 0 Å². The second-order valence-corrected chi connectivity index (χ2v) is 3.95. The van der Waals surface area contributed by atoms with Gasteiger partial charge in [-0.15, -0.1) is 0 Å². The fraction of sp³-hybridized carbons (Fsp3) is 1.00. The molecule has 0 aliphatic heterocycles. The molecule has 2 nitrogen and oxygen atoms in total. The third-order valence-electron chi connectivity index (χ3n) is 2.23. The van der Waals surface area contributed by atoms with Crippen molar-refractivity contribution in [2.75, 3.05) is 20.8 Å². The zero-order valence-corrected chi connectivity index (χ0v) is 8.64.